The summed E-state index contributed by atoms with van der Waals surface area (Å²) in [6.45, 7) is 6.19. The minimum Gasteiger partial charge on any atom is -0.490 e. The first kappa shape index (κ1) is 26.4. The van der Waals surface area contributed by atoms with Crippen LogP contribution >= 0.6 is 0 Å². The standard InChI is InChI=1S/C33H29N3O4/c1-4-39-28-19-23(15-18-27(28)40-33(38)25-16-13-21(2)14-17-25)20-34-36-32(37)31-29(24-10-6-5-7-11-24)26-12-8-9-22(3)30(26)35-31/h5-20,35H,4H2,1-3H3,(H,36,37). The number of ether oxygens (including phenoxy) is 2. The van der Waals surface area contributed by atoms with Gasteiger partial charge in [-0.05, 0) is 67.8 Å². The molecule has 4 aromatic carbocycles. The lowest BCUT2D eigenvalue weighted by Gasteiger charge is -2.11. The molecule has 7 heteroatoms. The molecule has 0 atom stereocenters. The number of fused-ring (bicyclic) bond motifs is 1. The zero-order valence-corrected chi connectivity index (χ0v) is 22.5. The number of carbonyl (C=O) groups is 2. The number of carbonyl (C=O) groups excluding carboxylic acids is 2. The lowest BCUT2D eigenvalue weighted by molar-refractivity contribution is 0.0728. The molecule has 1 aromatic heterocycles. The van der Waals surface area contributed by atoms with Crippen molar-refractivity contribution in [1.29, 1.82) is 0 Å². The van der Waals surface area contributed by atoms with Crippen molar-refractivity contribution < 1.29 is 19.1 Å². The molecule has 0 bridgehead atoms. The van der Waals surface area contributed by atoms with Crippen LogP contribution in [0.4, 0.5) is 0 Å². The summed E-state index contributed by atoms with van der Waals surface area (Å²) in [6, 6.07) is 28.0. The van der Waals surface area contributed by atoms with E-state index in [9.17, 15) is 9.59 Å². The Labute approximate surface area is 232 Å². The summed E-state index contributed by atoms with van der Waals surface area (Å²) < 4.78 is 11.3. The lowest BCUT2D eigenvalue weighted by atomic mass is 10.0. The number of rotatable bonds is 8. The highest BCUT2D eigenvalue weighted by Crippen LogP contribution is 2.34. The second-order valence-corrected chi connectivity index (χ2v) is 9.33. The fourth-order valence-corrected chi connectivity index (χ4v) is 4.47. The van der Waals surface area contributed by atoms with Gasteiger partial charge >= 0.3 is 5.97 Å². The van der Waals surface area contributed by atoms with Crippen LogP contribution in [0.25, 0.3) is 22.0 Å². The first-order valence-corrected chi connectivity index (χ1v) is 13.0. The second-order valence-electron chi connectivity index (χ2n) is 9.33. The summed E-state index contributed by atoms with van der Waals surface area (Å²) in [5, 5.41) is 5.15. The quantitative estimate of drug-likeness (QED) is 0.0993. The van der Waals surface area contributed by atoms with Crippen molar-refractivity contribution in [2.75, 3.05) is 6.61 Å². The van der Waals surface area contributed by atoms with Crippen LogP contribution in [0.15, 0.2) is 96.1 Å². The summed E-state index contributed by atoms with van der Waals surface area (Å²) in [5.74, 6) is -0.137. The van der Waals surface area contributed by atoms with E-state index >= 15 is 0 Å². The predicted molar refractivity (Wildman–Crippen MR) is 157 cm³/mol. The summed E-state index contributed by atoms with van der Waals surface area (Å²) in [4.78, 5) is 29.2. The molecule has 0 spiro atoms. The van der Waals surface area contributed by atoms with E-state index in [1.54, 1.807) is 30.3 Å². The van der Waals surface area contributed by atoms with Crippen LogP contribution in [0.2, 0.25) is 0 Å². The Bertz CT molecular complexity index is 1700. The van der Waals surface area contributed by atoms with E-state index < -0.39 is 5.97 Å². The molecule has 2 N–H and O–H groups in total. The van der Waals surface area contributed by atoms with Crippen molar-refractivity contribution >= 4 is 29.0 Å². The molecule has 1 amide bonds. The third-order valence-corrected chi connectivity index (χ3v) is 6.47. The molecule has 40 heavy (non-hydrogen) atoms. The van der Waals surface area contributed by atoms with Gasteiger partial charge in [0.2, 0.25) is 0 Å². The zero-order valence-electron chi connectivity index (χ0n) is 22.5. The largest absolute Gasteiger partial charge is 0.490 e. The Kier molecular flexibility index (Phi) is 7.73. The SMILES string of the molecule is CCOc1cc(C=NNC(=O)c2[nH]c3c(C)cccc3c2-c2ccccc2)ccc1OC(=O)c1ccc(C)cc1. The molecular weight excluding hydrogens is 502 g/mol. The van der Waals surface area contributed by atoms with E-state index in [2.05, 4.69) is 15.5 Å². The normalized spacial score (nSPS) is 11.1. The molecule has 1 heterocycles. The molecule has 7 nitrogen and oxygen atoms in total. The Morgan fingerprint density at radius 2 is 1.68 bits per heavy atom. The number of hydrogen-bond acceptors (Lipinski definition) is 5. The zero-order chi connectivity index (χ0) is 28.1. The Balaban J connectivity index is 1.36. The highest BCUT2D eigenvalue weighted by Gasteiger charge is 2.20. The molecule has 200 valence electrons. The molecule has 0 saturated carbocycles. The monoisotopic (exact) mass is 531 g/mol. The van der Waals surface area contributed by atoms with Gasteiger partial charge < -0.3 is 14.5 Å². The third kappa shape index (κ3) is 5.63. The number of aryl methyl sites for hydroxylation is 2. The molecule has 0 fully saturated rings. The number of esters is 1. The van der Waals surface area contributed by atoms with Crippen molar-refractivity contribution in [3.8, 4) is 22.6 Å². The van der Waals surface area contributed by atoms with Crippen LogP contribution in [0.3, 0.4) is 0 Å². The first-order valence-electron chi connectivity index (χ1n) is 13.0. The minimum atomic E-state index is -0.475. The molecule has 5 rings (SSSR count). The molecule has 5 aromatic rings. The number of nitrogens with one attached hydrogen (secondary N) is 2. The van der Waals surface area contributed by atoms with E-state index in [4.69, 9.17) is 9.47 Å². The lowest BCUT2D eigenvalue weighted by Crippen LogP contribution is -2.19. The fraction of sp³-hybridized carbons (Fsp3) is 0.121. The number of amides is 1. The second kappa shape index (κ2) is 11.7. The fourth-order valence-electron chi connectivity index (χ4n) is 4.47. The smallest absolute Gasteiger partial charge is 0.343 e. The van der Waals surface area contributed by atoms with Crippen LogP contribution in [0, 0.1) is 13.8 Å². The van der Waals surface area contributed by atoms with Gasteiger partial charge in [-0.15, -0.1) is 0 Å². The Morgan fingerprint density at radius 3 is 2.42 bits per heavy atom. The number of benzene rings is 4. The highest BCUT2D eigenvalue weighted by atomic mass is 16.6. The van der Waals surface area contributed by atoms with Gasteiger partial charge in [-0.1, -0.05) is 66.2 Å². The van der Waals surface area contributed by atoms with Gasteiger partial charge in [0.05, 0.1) is 18.4 Å². The maximum atomic E-state index is 13.3. The van der Waals surface area contributed by atoms with Gasteiger partial charge in [0.15, 0.2) is 11.5 Å². The molecule has 0 radical (unpaired) electrons. The predicted octanol–water partition coefficient (Wildman–Crippen LogP) is 6.83. The summed E-state index contributed by atoms with van der Waals surface area (Å²) >= 11 is 0. The van der Waals surface area contributed by atoms with Crippen molar-refractivity contribution in [2.24, 2.45) is 5.10 Å². The number of hydrogen-bond donors (Lipinski definition) is 2. The van der Waals surface area contributed by atoms with E-state index in [0.29, 0.717) is 34.9 Å². The Morgan fingerprint density at radius 1 is 0.900 bits per heavy atom. The summed E-state index contributed by atoms with van der Waals surface area (Å²) in [7, 11) is 0. The average molecular weight is 532 g/mol. The van der Waals surface area contributed by atoms with Crippen LogP contribution < -0.4 is 14.9 Å². The van der Waals surface area contributed by atoms with E-state index in [1.807, 2.05) is 81.4 Å². The average Bonchev–Trinajstić information content (AvgIpc) is 3.36. The van der Waals surface area contributed by atoms with Gasteiger partial charge in [-0.25, -0.2) is 10.2 Å². The first-order chi connectivity index (χ1) is 19.4. The molecule has 0 aliphatic rings. The van der Waals surface area contributed by atoms with E-state index in [-0.39, 0.29) is 5.91 Å². The van der Waals surface area contributed by atoms with E-state index in [1.165, 1.54) is 6.21 Å². The van der Waals surface area contributed by atoms with Crippen molar-refractivity contribution in [3.63, 3.8) is 0 Å². The topological polar surface area (TPSA) is 92.8 Å². The molecule has 0 unspecified atom stereocenters. The van der Waals surface area contributed by atoms with Gasteiger partial charge in [-0.3, -0.25) is 4.79 Å². The van der Waals surface area contributed by atoms with Gasteiger partial charge in [0.1, 0.15) is 5.69 Å². The van der Waals surface area contributed by atoms with Crippen LogP contribution in [-0.4, -0.2) is 29.7 Å². The minimum absolute atomic E-state index is 0.301. The maximum absolute atomic E-state index is 13.3. The Hall–Kier alpha value is -5.17. The van der Waals surface area contributed by atoms with Crippen LogP contribution in [-0.2, 0) is 0 Å². The molecule has 0 aliphatic carbocycles. The number of aromatic amines is 1. The van der Waals surface area contributed by atoms with Crippen molar-refractivity contribution in [2.45, 2.75) is 20.8 Å². The van der Waals surface area contributed by atoms with Crippen LogP contribution in [0.5, 0.6) is 11.5 Å². The molecule has 0 aliphatic heterocycles. The van der Waals surface area contributed by atoms with Crippen molar-refractivity contribution in [3.05, 3.63) is 119 Å². The molecule has 0 saturated heterocycles. The van der Waals surface area contributed by atoms with Crippen LogP contribution in [0.1, 0.15) is 44.5 Å². The molecular formula is C33H29N3O4. The summed E-state index contributed by atoms with van der Waals surface area (Å²) in [6.07, 6.45) is 1.52. The third-order valence-electron chi connectivity index (χ3n) is 6.47. The van der Waals surface area contributed by atoms with E-state index in [0.717, 1.165) is 33.2 Å². The van der Waals surface area contributed by atoms with Gasteiger partial charge in [0, 0.05) is 16.5 Å². The van der Waals surface area contributed by atoms with Crippen molar-refractivity contribution in [1.82, 2.24) is 10.4 Å². The van der Waals surface area contributed by atoms with Gasteiger partial charge in [0.25, 0.3) is 5.91 Å². The number of para-hydroxylation sites is 1. The highest BCUT2D eigenvalue weighted by molar-refractivity contribution is 6.10. The number of H-pyrrole nitrogens is 1. The number of hydrazone groups is 1. The number of aromatic nitrogens is 1. The maximum Gasteiger partial charge on any atom is 0.343 e. The van der Waals surface area contributed by atoms with Gasteiger partial charge in [-0.2, -0.15) is 5.10 Å². The summed E-state index contributed by atoms with van der Waals surface area (Å²) in [5.41, 5.74) is 8.95. The number of nitrogens with zero attached hydrogens (tertiary/aromatic N) is 1.